The van der Waals surface area contributed by atoms with Crippen molar-refractivity contribution in [3.05, 3.63) is 65.7 Å². The summed E-state index contributed by atoms with van der Waals surface area (Å²) in [7, 11) is -4.01. The zero-order chi connectivity index (χ0) is 16.9. The van der Waals surface area contributed by atoms with E-state index < -0.39 is 22.2 Å². The van der Waals surface area contributed by atoms with E-state index in [0.29, 0.717) is 0 Å². The third-order valence-corrected chi connectivity index (χ3v) is 4.53. The van der Waals surface area contributed by atoms with Crippen molar-refractivity contribution in [1.82, 2.24) is 0 Å². The van der Waals surface area contributed by atoms with Crippen molar-refractivity contribution in [3.63, 3.8) is 0 Å². The third kappa shape index (κ3) is 4.91. The Kier molecular flexibility index (Phi) is 5.52. The van der Waals surface area contributed by atoms with Crippen LogP contribution >= 0.6 is 0 Å². The molecule has 6 heteroatoms. The molecular weight excluding hydrogens is 316 g/mol. The van der Waals surface area contributed by atoms with Crippen molar-refractivity contribution in [3.8, 4) is 0 Å². The highest BCUT2D eigenvalue weighted by Crippen LogP contribution is 2.16. The topological polar surface area (TPSA) is 69.7 Å². The fourth-order valence-corrected chi connectivity index (χ4v) is 2.87. The van der Waals surface area contributed by atoms with E-state index in [0.717, 1.165) is 11.1 Å². The molecule has 0 heterocycles. The molecule has 0 bridgehead atoms. The van der Waals surface area contributed by atoms with Gasteiger partial charge in [0, 0.05) is 0 Å². The molecule has 23 heavy (non-hydrogen) atoms. The van der Waals surface area contributed by atoms with Crippen LogP contribution in [0.25, 0.3) is 0 Å². The van der Waals surface area contributed by atoms with Gasteiger partial charge in [-0.05, 0) is 31.5 Å². The van der Waals surface area contributed by atoms with Crippen molar-refractivity contribution >= 4 is 16.1 Å². The maximum atomic E-state index is 12.1. The molecule has 0 saturated carbocycles. The van der Waals surface area contributed by atoms with Crippen LogP contribution in [-0.2, 0) is 30.4 Å². The minimum atomic E-state index is -4.01. The van der Waals surface area contributed by atoms with Gasteiger partial charge >= 0.3 is 5.97 Å². The van der Waals surface area contributed by atoms with Crippen molar-refractivity contribution in [2.24, 2.45) is 0 Å². The minimum absolute atomic E-state index is 0.00538. The van der Waals surface area contributed by atoms with Crippen molar-refractivity contribution in [2.75, 3.05) is 0 Å². The maximum Gasteiger partial charge on any atom is 0.336 e. The lowest BCUT2D eigenvalue weighted by molar-refractivity contribution is -0.152. The average Bonchev–Trinajstić information content (AvgIpc) is 2.53. The van der Waals surface area contributed by atoms with Crippen LogP contribution in [0.5, 0.6) is 0 Å². The summed E-state index contributed by atoms with van der Waals surface area (Å²) in [5.74, 6) is -0.732. The quantitative estimate of drug-likeness (QED) is 0.600. The number of carbonyl (C=O) groups is 1. The molecule has 2 aromatic rings. The Hall–Kier alpha value is -2.18. The summed E-state index contributed by atoms with van der Waals surface area (Å²) in [5.41, 5.74) is 1.74. The van der Waals surface area contributed by atoms with Crippen LogP contribution in [0.1, 0.15) is 18.1 Å². The van der Waals surface area contributed by atoms with Crippen LogP contribution in [0.4, 0.5) is 0 Å². The molecule has 0 fully saturated rings. The highest BCUT2D eigenvalue weighted by molar-refractivity contribution is 7.86. The van der Waals surface area contributed by atoms with Crippen LogP contribution in [0, 0.1) is 6.92 Å². The summed E-state index contributed by atoms with van der Waals surface area (Å²) in [6, 6.07) is 15.3. The summed E-state index contributed by atoms with van der Waals surface area (Å²) < 4.78 is 34.2. The molecule has 0 aliphatic rings. The number of carbonyl (C=O) groups excluding carboxylic acids is 1. The van der Waals surface area contributed by atoms with E-state index in [1.54, 1.807) is 12.1 Å². The molecule has 122 valence electrons. The predicted molar refractivity (Wildman–Crippen MR) is 85.1 cm³/mol. The SMILES string of the molecule is Cc1ccc(S(=O)(=O)O[C@H](C)C(=O)OCc2ccccc2)cc1. The van der Waals surface area contributed by atoms with Gasteiger partial charge in [-0.1, -0.05) is 48.0 Å². The summed E-state index contributed by atoms with van der Waals surface area (Å²) in [5, 5.41) is 0. The van der Waals surface area contributed by atoms with Gasteiger partial charge in [0.25, 0.3) is 10.1 Å². The number of hydrogen-bond acceptors (Lipinski definition) is 5. The summed E-state index contributed by atoms with van der Waals surface area (Å²) in [4.78, 5) is 11.9. The molecule has 0 unspecified atom stereocenters. The molecule has 0 saturated heterocycles. The monoisotopic (exact) mass is 334 g/mol. The lowest BCUT2D eigenvalue weighted by atomic mass is 10.2. The van der Waals surface area contributed by atoms with E-state index in [2.05, 4.69) is 0 Å². The first kappa shape index (κ1) is 17.2. The Morgan fingerprint density at radius 3 is 2.26 bits per heavy atom. The third-order valence-electron chi connectivity index (χ3n) is 3.14. The molecule has 0 amide bonds. The van der Waals surface area contributed by atoms with Crippen molar-refractivity contribution in [1.29, 1.82) is 0 Å². The second-order valence-electron chi connectivity index (χ2n) is 5.10. The van der Waals surface area contributed by atoms with Gasteiger partial charge in [-0.2, -0.15) is 8.42 Å². The van der Waals surface area contributed by atoms with Gasteiger partial charge in [0.2, 0.25) is 0 Å². The van der Waals surface area contributed by atoms with Gasteiger partial charge in [-0.25, -0.2) is 4.79 Å². The maximum absolute atomic E-state index is 12.1. The molecule has 0 aliphatic heterocycles. The van der Waals surface area contributed by atoms with Crippen LogP contribution in [0.15, 0.2) is 59.5 Å². The number of benzene rings is 2. The first-order valence-corrected chi connectivity index (χ1v) is 8.50. The van der Waals surface area contributed by atoms with Crippen LogP contribution < -0.4 is 0 Å². The molecular formula is C17H18O5S. The van der Waals surface area contributed by atoms with Gasteiger partial charge < -0.3 is 4.74 Å². The van der Waals surface area contributed by atoms with Gasteiger partial charge in [0.05, 0.1) is 4.90 Å². The highest BCUT2D eigenvalue weighted by Gasteiger charge is 2.24. The molecule has 0 spiro atoms. The number of rotatable bonds is 6. The van der Waals surface area contributed by atoms with E-state index >= 15 is 0 Å². The van der Waals surface area contributed by atoms with Gasteiger partial charge in [0.15, 0.2) is 6.10 Å². The highest BCUT2D eigenvalue weighted by atomic mass is 32.2. The smallest absolute Gasteiger partial charge is 0.336 e. The van der Waals surface area contributed by atoms with E-state index in [-0.39, 0.29) is 11.5 Å². The Balaban J connectivity index is 1.96. The van der Waals surface area contributed by atoms with Crippen LogP contribution in [0.2, 0.25) is 0 Å². The van der Waals surface area contributed by atoms with E-state index in [4.69, 9.17) is 8.92 Å². The predicted octanol–water partition coefficient (Wildman–Crippen LogP) is 2.83. The Morgan fingerprint density at radius 2 is 1.65 bits per heavy atom. The Labute approximate surface area is 136 Å². The average molecular weight is 334 g/mol. The van der Waals surface area contributed by atoms with Crippen LogP contribution in [0.3, 0.4) is 0 Å². The Morgan fingerprint density at radius 1 is 1.04 bits per heavy atom. The number of ether oxygens (including phenoxy) is 1. The molecule has 0 radical (unpaired) electrons. The first-order valence-electron chi connectivity index (χ1n) is 7.09. The largest absolute Gasteiger partial charge is 0.459 e. The van der Waals surface area contributed by atoms with E-state index in [1.807, 2.05) is 37.3 Å². The second kappa shape index (κ2) is 7.39. The summed E-state index contributed by atoms with van der Waals surface area (Å²) in [6.07, 6.45) is -1.22. The zero-order valence-electron chi connectivity index (χ0n) is 12.9. The van der Waals surface area contributed by atoms with Crippen molar-refractivity contribution < 1.29 is 22.1 Å². The molecule has 2 aromatic carbocycles. The number of aryl methyl sites for hydroxylation is 1. The zero-order valence-corrected chi connectivity index (χ0v) is 13.7. The van der Waals surface area contributed by atoms with Crippen LogP contribution in [-0.4, -0.2) is 20.5 Å². The second-order valence-corrected chi connectivity index (χ2v) is 6.67. The lowest BCUT2D eigenvalue weighted by Gasteiger charge is -2.13. The summed E-state index contributed by atoms with van der Waals surface area (Å²) >= 11 is 0. The molecule has 1 atom stereocenters. The van der Waals surface area contributed by atoms with E-state index in [1.165, 1.54) is 19.1 Å². The van der Waals surface area contributed by atoms with Gasteiger partial charge in [0.1, 0.15) is 6.61 Å². The molecule has 5 nitrogen and oxygen atoms in total. The minimum Gasteiger partial charge on any atom is -0.459 e. The first-order chi connectivity index (χ1) is 10.9. The molecule has 0 aliphatic carbocycles. The lowest BCUT2D eigenvalue weighted by Crippen LogP contribution is -2.26. The molecule has 0 N–H and O–H groups in total. The fourth-order valence-electron chi connectivity index (χ4n) is 1.84. The van der Waals surface area contributed by atoms with Gasteiger partial charge in [-0.15, -0.1) is 0 Å². The normalized spacial score (nSPS) is 12.6. The molecule has 2 rings (SSSR count). The van der Waals surface area contributed by atoms with Gasteiger partial charge in [-0.3, -0.25) is 4.18 Å². The van der Waals surface area contributed by atoms with Crippen molar-refractivity contribution in [2.45, 2.75) is 31.5 Å². The fraction of sp³-hybridized carbons (Fsp3) is 0.235. The van der Waals surface area contributed by atoms with E-state index in [9.17, 15) is 13.2 Å². The summed E-state index contributed by atoms with van der Waals surface area (Å²) in [6.45, 7) is 3.26. The molecule has 0 aromatic heterocycles. The number of hydrogen-bond donors (Lipinski definition) is 0. The Bertz CT molecular complexity index is 751. The standard InChI is InChI=1S/C17H18O5S/c1-13-8-10-16(11-9-13)23(19,20)22-14(2)17(18)21-12-15-6-4-3-5-7-15/h3-11,14H,12H2,1-2H3/t14-/m1/s1. The number of esters is 1.